The molecule has 92 valence electrons. The molecule has 1 aromatic carbocycles. The fourth-order valence-corrected chi connectivity index (χ4v) is 1.49. The number of primary amides is 1. The lowest BCUT2D eigenvalue weighted by atomic mass is 10.2. The van der Waals surface area contributed by atoms with Crippen molar-refractivity contribution >= 4 is 11.6 Å². The normalized spacial score (nSPS) is 10.1. The number of carbonyl (C=O) groups excluding carboxylic acids is 1. The van der Waals surface area contributed by atoms with Crippen LogP contribution >= 0.6 is 0 Å². The number of ether oxygens (including phenoxy) is 1. The van der Waals surface area contributed by atoms with E-state index in [-0.39, 0.29) is 0 Å². The summed E-state index contributed by atoms with van der Waals surface area (Å²) in [6, 6.07) is 8.24. The van der Waals surface area contributed by atoms with Crippen molar-refractivity contribution in [1.29, 1.82) is 0 Å². The Morgan fingerprint density at radius 1 is 1.28 bits per heavy atom. The maximum absolute atomic E-state index is 11.0. The van der Waals surface area contributed by atoms with Gasteiger partial charge in [-0.2, -0.15) is 0 Å². The first-order chi connectivity index (χ1) is 8.58. The molecule has 0 radical (unpaired) electrons. The first-order valence-corrected chi connectivity index (χ1v) is 5.36. The van der Waals surface area contributed by atoms with E-state index in [0.717, 1.165) is 5.69 Å². The standard InChI is InChI=1S/C13H13N3O2/c1-8-11(3-2-6-16-8)18-12-5-4-9(13(15)17)7-10(12)14/h2-7H,14H2,1H3,(H2,15,17). The summed E-state index contributed by atoms with van der Waals surface area (Å²) >= 11 is 0. The van der Waals surface area contributed by atoms with Gasteiger partial charge in [-0.3, -0.25) is 9.78 Å². The number of benzene rings is 1. The van der Waals surface area contributed by atoms with Crippen LogP contribution in [0.1, 0.15) is 16.1 Å². The Labute approximate surface area is 104 Å². The van der Waals surface area contributed by atoms with Crippen LogP contribution in [0.15, 0.2) is 36.5 Å². The predicted octanol–water partition coefficient (Wildman–Crippen LogP) is 1.86. The summed E-state index contributed by atoms with van der Waals surface area (Å²) in [5, 5.41) is 0. The average Bonchev–Trinajstić information content (AvgIpc) is 2.34. The highest BCUT2D eigenvalue weighted by molar-refractivity contribution is 5.94. The highest BCUT2D eigenvalue weighted by Gasteiger charge is 2.08. The van der Waals surface area contributed by atoms with Gasteiger partial charge in [0.2, 0.25) is 5.91 Å². The maximum atomic E-state index is 11.0. The zero-order valence-corrected chi connectivity index (χ0v) is 9.88. The highest BCUT2D eigenvalue weighted by Crippen LogP contribution is 2.29. The van der Waals surface area contributed by atoms with E-state index < -0.39 is 5.91 Å². The molecule has 0 bridgehead atoms. The smallest absolute Gasteiger partial charge is 0.248 e. The van der Waals surface area contributed by atoms with E-state index in [9.17, 15) is 4.79 Å². The number of nitrogens with two attached hydrogens (primary N) is 2. The number of aryl methyl sites for hydroxylation is 1. The van der Waals surface area contributed by atoms with Gasteiger partial charge in [-0.05, 0) is 37.3 Å². The second-order valence-electron chi connectivity index (χ2n) is 3.81. The number of rotatable bonds is 3. The molecule has 0 unspecified atom stereocenters. The van der Waals surface area contributed by atoms with Crippen LogP contribution in [0.5, 0.6) is 11.5 Å². The van der Waals surface area contributed by atoms with Crippen molar-refractivity contribution in [3.8, 4) is 11.5 Å². The fourth-order valence-electron chi connectivity index (χ4n) is 1.49. The second-order valence-corrected chi connectivity index (χ2v) is 3.81. The number of amides is 1. The molecule has 18 heavy (non-hydrogen) atoms. The summed E-state index contributed by atoms with van der Waals surface area (Å²) in [4.78, 5) is 15.1. The second kappa shape index (κ2) is 4.75. The van der Waals surface area contributed by atoms with Gasteiger partial charge in [0.25, 0.3) is 0 Å². The molecule has 0 aliphatic carbocycles. The van der Waals surface area contributed by atoms with Crippen LogP contribution in [0.25, 0.3) is 0 Å². The molecule has 5 nitrogen and oxygen atoms in total. The van der Waals surface area contributed by atoms with E-state index >= 15 is 0 Å². The molecule has 0 saturated heterocycles. The van der Waals surface area contributed by atoms with E-state index in [1.807, 2.05) is 6.92 Å². The summed E-state index contributed by atoms with van der Waals surface area (Å²) in [5.41, 5.74) is 12.4. The summed E-state index contributed by atoms with van der Waals surface area (Å²) < 4.78 is 5.64. The Morgan fingerprint density at radius 3 is 2.67 bits per heavy atom. The van der Waals surface area contributed by atoms with Crippen LogP contribution in [-0.4, -0.2) is 10.9 Å². The fraction of sp³-hybridized carbons (Fsp3) is 0.0769. The highest BCUT2D eigenvalue weighted by atomic mass is 16.5. The number of anilines is 1. The van der Waals surface area contributed by atoms with Gasteiger partial charge >= 0.3 is 0 Å². The van der Waals surface area contributed by atoms with Crippen molar-refractivity contribution < 1.29 is 9.53 Å². The van der Waals surface area contributed by atoms with Crippen LogP contribution in [-0.2, 0) is 0 Å². The lowest BCUT2D eigenvalue weighted by Gasteiger charge is -2.10. The Morgan fingerprint density at radius 2 is 2.06 bits per heavy atom. The third kappa shape index (κ3) is 2.40. The minimum atomic E-state index is -0.522. The minimum Gasteiger partial charge on any atom is -0.453 e. The minimum absolute atomic E-state index is 0.350. The van der Waals surface area contributed by atoms with Crippen LogP contribution in [0.4, 0.5) is 5.69 Å². The summed E-state index contributed by atoms with van der Waals surface area (Å²) in [6.45, 7) is 1.84. The molecule has 2 aromatic rings. The first kappa shape index (κ1) is 11.9. The monoisotopic (exact) mass is 243 g/mol. The number of carbonyl (C=O) groups is 1. The topological polar surface area (TPSA) is 91.2 Å². The molecule has 1 amide bonds. The Balaban J connectivity index is 2.30. The Bertz CT molecular complexity index is 597. The number of pyridine rings is 1. The molecule has 4 N–H and O–H groups in total. The van der Waals surface area contributed by atoms with Gasteiger partial charge in [-0.15, -0.1) is 0 Å². The number of hydrogen-bond acceptors (Lipinski definition) is 4. The zero-order chi connectivity index (χ0) is 13.1. The van der Waals surface area contributed by atoms with E-state index in [1.165, 1.54) is 6.07 Å². The van der Waals surface area contributed by atoms with Crippen molar-refractivity contribution in [2.45, 2.75) is 6.92 Å². The third-order valence-electron chi connectivity index (χ3n) is 2.47. The van der Waals surface area contributed by atoms with Crippen molar-refractivity contribution in [2.75, 3.05) is 5.73 Å². The van der Waals surface area contributed by atoms with E-state index in [4.69, 9.17) is 16.2 Å². The van der Waals surface area contributed by atoms with Gasteiger partial charge in [-0.25, -0.2) is 0 Å². The zero-order valence-electron chi connectivity index (χ0n) is 9.88. The van der Waals surface area contributed by atoms with Gasteiger partial charge < -0.3 is 16.2 Å². The molecule has 0 aliphatic heterocycles. The molecular formula is C13H13N3O2. The van der Waals surface area contributed by atoms with Crippen molar-refractivity contribution in [1.82, 2.24) is 4.98 Å². The summed E-state index contributed by atoms with van der Waals surface area (Å²) in [5.74, 6) is 0.568. The van der Waals surface area contributed by atoms with Gasteiger partial charge in [0.05, 0.1) is 11.4 Å². The SMILES string of the molecule is Cc1ncccc1Oc1ccc(C(N)=O)cc1N. The van der Waals surface area contributed by atoms with Gasteiger partial charge in [0.15, 0.2) is 0 Å². The van der Waals surface area contributed by atoms with E-state index in [2.05, 4.69) is 4.98 Å². The Kier molecular flexibility index (Phi) is 3.14. The van der Waals surface area contributed by atoms with Gasteiger partial charge in [0, 0.05) is 11.8 Å². The molecular weight excluding hydrogens is 230 g/mol. The molecule has 0 spiro atoms. The molecule has 5 heteroatoms. The maximum Gasteiger partial charge on any atom is 0.248 e. The van der Waals surface area contributed by atoms with Crippen LogP contribution in [0.2, 0.25) is 0 Å². The van der Waals surface area contributed by atoms with E-state index in [1.54, 1.807) is 30.5 Å². The molecule has 0 aliphatic rings. The molecule has 0 fully saturated rings. The van der Waals surface area contributed by atoms with Crippen LogP contribution in [0, 0.1) is 6.92 Å². The Hall–Kier alpha value is -2.56. The third-order valence-corrected chi connectivity index (χ3v) is 2.47. The summed E-state index contributed by atoms with van der Waals surface area (Å²) in [6.07, 6.45) is 1.68. The molecule has 0 saturated carbocycles. The van der Waals surface area contributed by atoms with Crippen molar-refractivity contribution in [3.63, 3.8) is 0 Å². The number of hydrogen-bond donors (Lipinski definition) is 2. The van der Waals surface area contributed by atoms with Crippen LogP contribution in [0.3, 0.4) is 0 Å². The van der Waals surface area contributed by atoms with Gasteiger partial charge in [-0.1, -0.05) is 0 Å². The van der Waals surface area contributed by atoms with Gasteiger partial charge in [0.1, 0.15) is 11.5 Å². The van der Waals surface area contributed by atoms with Crippen molar-refractivity contribution in [2.24, 2.45) is 5.73 Å². The average molecular weight is 243 g/mol. The predicted molar refractivity (Wildman–Crippen MR) is 68.4 cm³/mol. The van der Waals surface area contributed by atoms with Crippen LogP contribution < -0.4 is 16.2 Å². The largest absolute Gasteiger partial charge is 0.453 e. The number of nitrogens with zero attached hydrogens (tertiary/aromatic N) is 1. The van der Waals surface area contributed by atoms with Crippen molar-refractivity contribution in [3.05, 3.63) is 47.8 Å². The molecule has 0 atom stereocenters. The number of aromatic nitrogens is 1. The quantitative estimate of drug-likeness (QED) is 0.805. The lowest BCUT2D eigenvalue weighted by Crippen LogP contribution is -2.11. The summed E-state index contributed by atoms with van der Waals surface area (Å²) in [7, 11) is 0. The molecule has 1 aromatic heterocycles. The number of nitrogen functional groups attached to an aromatic ring is 1. The first-order valence-electron chi connectivity index (χ1n) is 5.36. The van der Waals surface area contributed by atoms with E-state index in [0.29, 0.717) is 22.7 Å². The molecule has 1 heterocycles. The lowest BCUT2D eigenvalue weighted by molar-refractivity contribution is 0.100. The molecule has 2 rings (SSSR count).